The van der Waals surface area contributed by atoms with Crippen molar-refractivity contribution in [3.63, 3.8) is 0 Å². The molecule has 2 atom stereocenters. The van der Waals surface area contributed by atoms with Gasteiger partial charge in [-0.1, -0.05) is 6.92 Å². The second-order valence-electron chi connectivity index (χ2n) is 4.89. The van der Waals surface area contributed by atoms with Crippen molar-refractivity contribution in [2.24, 2.45) is 11.8 Å². The number of aryl methyl sites for hydroxylation is 1. The van der Waals surface area contributed by atoms with Crippen molar-refractivity contribution in [1.29, 1.82) is 0 Å². The van der Waals surface area contributed by atoms with Crippen molar-refractivity contribution >= 4 is 11.3 Å². The molecule has 3 heteroatoms. The van der Waals surface area contributed by atoms with Gasteiger partial charge < -0.3 is 5.32 Å². The van der Waals surface area contributed by atoms with Crippen LogP contribution >= 0.6 is 11.3 Å². The zero-order valence-corrected chi connectivity index (χ0v) is 11.1. The van der Waals surface area contributed by atoms with E-state index in [1.54, 1.807) is 0 Å². The summed E-state index contributed by atoms with van der Waals surface area (Å²) in [5.41, 5.74) is 1.18. The van der Waals surface area contributed by atoms with E-state index in [2.05, 4.69) is 29.5 Å². The van der Waals surface area contributed by atoms with Crippen molar-refractivity contribution in [2.45, 2.75) is 39.5 Å². The van der Waals surface area contributed by atoms with Gasteiger partial charge in [0.1, 0.15) is 0 Å². The highest BCUT2D eigenvalue weighted by Crippen LogP contribution is 2.36. The van der Waals surface area contributed by atoms with Crippen LogP contribution in [0.15, 0.2) is 5.38 Å². The molecule has 0 saturated heterocycles. The molecule has 0 aromatic carbocycles. The third-order valence-electron chi connectivity index (χ3n) is 3.51. The Morgan fingerprint density at radius 3 is 2.81 bits per heavy atom. The molecular formula is C13H22N2S. The number of nitrogens with one attached hydrogen (secondary N) is 1. The number of rotatable bonds is 6. The van der Waals surface area contributed by atoms with Gasteiger partial charge in [0, 0.05) is 17.5 Å². The molecule has 1 aromatic heterocycles. The Hall–Kier alpha value is -0.410. The predicted molar refractivity (Wildman–Crippen MR) is 69.9 cm³/mol. The molecule has 2 unspecified atom stereocenters. The van der Waals surface area contributed by atoms with Crippen molar-refractivity contribution in [2.75, 3.05) is 13.1 Å². The van der Waals surface area contributed by atoms with E-state index < -0.39 is 0 Å². The molecule has 0 radical (unpaired) electrons. The maximum Gasteiger partial charge on any atom is 0.0930 e. The summed E-state index contributed by atoms with van der Waals surface area (Å²) in [6.45, 7) is 6.69. The van der Waals surface area contributed by atoms with Crippen LogP contribution in [0.4, 0.5) is 0 Å². The van der Waals surface area contributed by atoms with Crippen LogP contribution in [-0.2, 0) is 6.42 Å². The lowest BCUT2D eigenvalue weighted by Gasteiger charge is -2.36. The first-order valence-corrected chi connectivity index (χ1v) is 7.29. The number of hydrogen-bond donors (Lipinski definition) is 1. The van der Waals surface area contributed by atoms with Gasteiger partial charge in [-0.3, -0.25) is 0 Å². The quantitative estimate of drug-likeness (QED) is 0.771. The number of thiazole rings is 1. The fraction of sp³-hybridized carbons (Fsp3) is 0.769. The second kappa shape index (κ2) is 5.78. The molecule has 90 valence electrons. The van der Waals surface area contributed by atoms with Crippen LogP contribution in [0.2, 0.25) is 0 Å². The maximum atomic E-state index is 4.56. The Morgan fingerprint density at radius 1 is 1.44 bits per heavy atom. The minimum Gasteiger partial charge on any atom is -0.316 e. The fourth-order valence-corrected chi connectivity index (χ4v) is 3.23. The van der Waals surface area contributed by atoms with E-state index >= 15 is 0 Å². The van der Waals surface area contributed by atoms with Gasteiger partial charge in [0.15, 0.2) is 0 Å². The summed E-state index contributed by atoms with van der Waals surface area (Å²) in [5, 5.41) is 7.04. The Balaban J connectivity index is 1.74. The minimum absolute atomic E-state index is 0.884. The van der Waals surface area contributed by atoms with Gasteiger partial charge in [0.2, 0.25) is 0 Å². The molecule has 1 heterocycles. The lowest BCUT2D eigenvalue weighted by atomic mass is 9.72. The van der Waals surface area contributed by atoms with E-state index in [9.17, 15) is 0 Å². The third-order valence-corrected chi connectivity index (χ3v) is 4.50. The average molecular weight is 238 g/mol. The smallest absolute Gasteiger partial charge is 0.0930 e. The van der Waals surface area contributed by atoms with Crippen LogP contribution in [0, 0.1) is 18.8 Å². The zero-order chi connectivity index (χ0) is 11.4. The minimum atomic E-state index is 0.884. The lowest BCUT2D eigenvalue weighted by Crippen LogP contribution is -2.36. The molecule has 1 N–H and O–H groups in total. The maximum absolute atomic E-state index is 4.56. The molecule has 1 aliphatic carbocycles. The molecule has 0 aliphatic heterocycles. The van der Waals surface area contributed by atoms with Gasteiger partial charge in [-0.25, -0.2) is 4.98 Å². The zero-order valence-electron chi connectivity index (χ0n) is 10.3. The highest BCUT2D eigenvalue weighted by atomic mass is 32.1. The number of nitrogens with zero attached hydrogens (tertiary/aromatic N) is 1. The molecule has 1 saturated carbocycles. The number of aromatic nitrogens is 1. The molecule has 1 aromatic rings. The summed E-state index contributed by atoms with van der Waals surface area (Å²) >= 11 is 1.83. The Morgan fingerprint density at radius 2 is 2.25 bits per heavy atom. The topological polar surface area (TPSA) is 24.9 Å². The van der Waals surface area contributed by atoms with Crippen LogP contribution in [0.25, 0.3) is 0 Å². The average Bonchev–Trinajstić information content (AvgIpc) is 2.66. The first-order chi connectivity index (χ1) is 7.79. The van der Waals surface area contributed by atoms with Crippen LogP contribution in [0.1, 0.15) is 36.9 Å². The van der Waals surface area contributed by atoms with Gasteiger partial charge in [0.05, 0.1) is 5.01 Å². The molecule has 1 fully saturated rings. The molecule has 0 bridgehead atoms. The van der Waals surface area contributed by atoms with Crippen LogP contribution in [0.5, 0.6) is 0 Å². The molecular weight excluding hydrogens is 216 g/mol. The first-order valence-electron chi connectivity index (χ1n) is 6.41. The first kappa shape index (κ1) is 12.1. The predicted octanol–water partition coefficient (Wildman–Crippen LogP) is 3.02. The third kappa shape index (κ3) is 3.05. The van der Waals surface area contributed by atoms with E-state index in [0.29, 0.717) is 0 Å². The summed E-state index contributed by atoms with van der Waals surface area (Å²) in [6.07, 6.45) is 5.25. The monoisotopic (exact) mass is 238 g/mol. The molecule has 2 rings (SSSR count). The summed E-state index contributed by atoms with van der Waals surface area (Å²) < 4.78 is 0. The summed E-state index contributed by atoms with van der Waals surface area (Å²) in [7, 11) is 0. The van der Waals surface area contributed by atoms with Gasteiger partial charge in [-0.15, -0.1) is 11.3 Å². The number of hydrogen-bond acceptors (Lipinski definition) is 3. The van der Waals surface area contributed by atoms with Gasteiger partial charge in [-0.05, 0) is 51.1 Å². The van der Waals surface area contributed by atoms with Crippen LogP contribution in [-0.4, -0.2) is 18.1 Å². The highest BCUT2D eigenvalue weighted by molar-refractivity contribution is 7.09. The van der Waals surface area contributed by atoms with Crippen LogP contribution < -0.4 is 5.32 Å². The molecule has 1 aliphatic rings. The molecule has 0 amide bonds. The molecule has 0 spiro atoms. The lowest BCUT2D eigenvalue weighted by molar-refractivity contribution is 0.171. The van der Waals surface area contributed by atoms with E-state index in [1.165, 1.54) is 49.5 Å². The Kier molecular flexibility index (Phi) is 4.36. The normalized spacial score (nSPS) is 24.4. The van der Waals surface area contributed by atoms with Gasteiger partial charge >= 0.3 is 0 Å². The highest BCUT2D eigenvalue weighted by Gasteiger charge is 2.30. The van der Waals surface area contributed by atoms with Gasteiger partial charge in [0.25, 0.3) is 0 Å². The SMILES string of the molecule is CCCNCC1CCC1Cc1nc(C)cs1. The fourth-order valence-electron chi connectivity index (χ4n) is 2.36. The standard InChI is InChI=1S/C13H22N2S/c1-3-6-14-8-12-5-4-11(12)7-13-15-10(2)9-16-13/h9,11-12,14H,3-8H2,1-2H3. The second-order valence-corrected chi connectivity index (χ2v) is 5.83. The van der Waals surface area contributed by atoms with Gasteiger partial charge in [-0.2, -0.15) is 0 Å². The largest absolute Gasteiger partial charge is 0.316 e. The van der Waals surface area contributed by atoms with Crippen LogP contribution in [0.3, 0.4) is 0 Å². The molecule has 2 nitrogen and oxygen atoms in total. The molecule has 16 heavy (non-hydrogen) atoms. The van der Waals surface area contributed by atoms with Crippen molar-refractivity contribution in [3.8, 4) is 0 Å². The van der Waals surface area contributed by atoms with E-state index in [0.717, 1.165) is 11.8 Å². The summed E-state index contributed by atoms with van der Waals surface area (Å²) in [6, 6.07) is 0. The van der Waals surface area contributed by atoms with E-state index in [1.807, 2.05) is 11.3 Å². The van der Waals surface area contributed by atoms with Crippen molar-refractivity contribution in [3.05, 3.63) is 16.1 Å². The summed E-state index contributed by atoms with van der Waals surface area (Å²) in [4.78, 5) is 4.56. The van der Waals surface area contributed by atoms with E-state index in [-0.39, 0.29) is 0 Å². The summed E-state index contributed by atoms with van der Waals surface area (Å²) in [5.74, 6) is 1.78. The Labute approximate surface area is 102 Å². The van der Waals surface area contributed by atoms with Crippen molar-refractivity contribution in [1.82, 2.24) is 10.3 Å². The van der Waals surface area contributed by atoms with Crippen molar-refractivity contribution < 1.29 is 0 Å². The Bertz CT molecular complexity index is 321. The van der Waals surface area contributed by atoms with E-state index in [4.69, 9.17) is 0 Å².